The highest BCUT2D eigenvalue weighted by atomic mass is 79.9. The molecular weight excluding hydrogens is 548 g/mol. The van der Waals surface area contributed by atoms with Crippen LogP contribution in [-0.4, -0.2) is 32.4 Å². The number of nitrogens with one attached hydrogen (secondary N) is 1. The number of hydrazine groups is 1. The van der Waals surface area contributed by atoms with Gasteiger partial charge < -0.3 is 25.5 Å². The van der Waals surface area contributed by atoms with Crippen LogP contribution in [0.5, 0.6) is 5.75 Å². The van der Waals surface area contributed by atoms with E-state index in [-0.39, 0.29) is 0 Å². The summed E-state index contributed by atoms with van der Waals surface area (Å²) >= 11 is 7.00. The lowest BCUT2D eigenvalue weighted by molar-refractivity contribution is 0.210. The Balaban J connectivity index is 0.000000451. The molecule has 0 spiro atoms. The molecule has 0 aromatic heterocycles. The maximum absolute atomic E-state index is 6.23. The van der Waals surface area contributed by atoms with Gasteiger partial charge in [-0.2, -0.15) is 0 Å². The van der Waals surface area contributed by atoms with E-state index in [1.54, 1.807) is 19.2 Å². The van der Waals surface area contributed by atoms with E-state index in [9.17, 15) is 0 Å². The predicted molar refractivity (Wildman–Crippen MR) is 148 cm³/mol. The van der Waals surface area contributed by atoms with Gasteiger partial charge in [0, 0.05) is 28.8 Å². The summed E-state index contributed by atoms with van der Waals surface area (Å²) in [5, 5.41) is 4.83. The van der Waals surface area contributed by atoms with Gasteiger partial charge in [0.1, 0.15) is 11.4 Å². The molecule has 0 aliphatic carbocycles. The van der Waals surface area contributed by atoms with E-state index in [0.717, 1.165) is 26.6 Å². The van der Waals surface area contributed by atoms with Crippen LogP contribution < -0.4 is 21.6 Å². The topological polar surface area (TPSA) is 85.8 Å². The molecule has 0 fully saturated rings. The first kappa shape index (κ1) is 29.3. The van der Waals surface area contributed by atoms with Crippen molar-refractivity contribution in [1.82, 2.24) is 5.01 Å². The molecule has 0 unspecified atom stereocenters. The average Bonchev–Trinajstić information content (AvgIpc) is 2.79. The maximum Gasteiger partial charge on any atom is 0.144 e. The van der Waals surface area contributed by atoms with Crippen LogP contribution in [0.15, 0.2) is 45.5 Å². The summed E-state index contributed by atoms with van der Waals surface area (Å²) in [6.45, 7) is 10.3. The van der Waals surface area contributed by atoms with Crippen LogP contribution in [0.1, 0.15) is 49.8 Å². The SMILES string of the molecule is CC/C(Br)=C\N(N)Cc1cc(OC)c(NCCOC)c(N)c1Br.Cc1ccc(C(C)C)cc1. The summed E-state index contributed by atoms with van der Waals surface area (Å²) in [6.07, 6.45) is 2.72. The molecule has 2 rings (SSSR count). The van der Waals surface area contributed by atoms with Crippen molar-refractivity contribution >= 4 is 43.2 Å². The van der Waals surface area contributed by atoms with Gasteiger partial charge in [-0.15, -0.1) is 0 Å². The van der Waals surface area contributed by atoms with Crippen molar-refractivity contribution in [3.63, 3.8) is 0 Å². The van der Waals surface area contributed by atoms with Crippen molar-refractivity contribution < 1.29 is 9.47 Å². The smallest absolute Gasteiger partial charge is 0.144 e. The largest absolute Gasteiger partial charge is 0.494 e. The van der Waals surface area contributed by atoms with Crippen LogP contribution >= 0.6 is 31.9 Å². The molecule has 8 heteroatoms. The molecule has 0 saturated heterocycles. The average molecular weight is 586 g/mol. The number of methoxy groups -OCH3 is 2. The zero-order valence-corrected chi connectivity index (χ0v) is 23.7. The van der Waals surface area contributed by atoms with Crippen LogP contribution in [0, 0.1) is 6.92 Å². The fourth-order valence-electron chi connectivity index (χ4n) is 2.91. The Morgan fingerprint density at radius 1 is 1.21 bits per heavy atom. The number of ether oxygens (including phenoxy) is 2. The highest BCUT2D eigenvalue weighted by Crippen LogP contribution is 2.39. The monoisotopic (exact) mass is 584 g/mol. The Morgan fingerprint density at radius 3 is 2.36 bits per heavy atom. The molecule has 2 aromatic carbocycles. The lowest BCUT2D eigenvalue weighted by Gasteiger charge is -2.20. The number of nitrogens with two attached hydrogens (primary N) is 2. The van der Waals surface area contributed by atoms with Crippen molar-refractivity contribution in [3.8, 4) is 5.75 Å². The van der Waals surface area contributed by atoms with Crippen molar-refractivity contribution in [2.75, 3.05) is 38.4 Å². The van der Waals surface area contributed by atoms with Crippen LogP contribution in [0.2, 0.25) is 0 Å². The minimum atomic E-state index is 0.495. The fraction of sp³-hybridized carbons (Fsp3) is 0.440. The third-order valence-electron chi connectivity index (χ3n) is 4.91. The molecular formula is C25H38Br2N4O2. The van der Waals surface area contributed by atoms with Crippen molar-refractivity contribution in [3.05, 3.63) is 62.2 Å². The van der Waals surface area contributed by atoms with Gasteiger partial charge >= 0.3 is 0 Å². The normalized spacial score (nSPS) is 11.2. The molecule has 6 nitrogen and oxygen atoms in total. The molecule has 0 atom stereocenters. The molecule has 5 N–H and O–H groups in total. The first-order valence-electron chi connectivity index (χ1n) is 11.0. The summed E-state index contributed by atoms with van der Waals surface area (Å²) in [7, 11) is 3.26. The summed E-state index contributed by atoms with van der Waals surface area (Å²) in [5.74, 6) is 7.34. The second-order valence-corrected chi connectivity index (χ2v) is 9.74. The Bertz CT molecular complexity index is 887. The number of rotatable bonds is 10. The van der Waals surface area contributed by atoms with Gasteiger partial charge in [-0.05, 0) is 52.4 Å². The molecule has 184 valence electrons. The summed E-state index contributed by atoms with van der Waals surface area (Å²) in [5.41, 5.74) is 11.3. The van der Waals surface area contributed by atoms with E-state index in [1.807, 2.05) is 19.2 Å². The number of anilines is 2. The first-order valence-corrected chi connectivity index (χ1v) is 12.5. The predicted octanol–water partition coefficient (Wildman–Crippen LogP) is 6.54. The summed E-state index contributed by atoms with van der Waals surface area (Å²) in [6, 6.07) is 10.6. The quantitative estimate of drug-likeness (QED) is 0.127. The number of hydrogen-bond donors (Lipinski definition) is 3. The molecule has 0 bridgehead atoms. The number of halogens is 2. The third kappa shape index (κ3) is 9.96. The van der Waals surface area contributed by atoms with E-state index < -0.39 is 0 Å². The highest BCUT2D eigenvalue weighted by molar-refractivity contribution is 9.11. The Hall–Kier alpha value is -1.74. The van der Waals surface area contributed by atoms with Crippen LogP contribution in [-0.2, 0) is 11.3 Å². The summed E-state index contributed by atoms with van der Waals surface area (Å²) in [4.78, 5) is 0. The third-order valence-corrected chi connectivity index (χ3v) is 6.61. The molecule has 2 aromatic rings. The van der Waals surface area contributed by atoms with E-state index in [4.69, 9.17) is 21.1 Å². The number of hydrogen-bond acceptors (Lipinski definition) is 6. The maximum atomic E-state index is 6.23. The number of allylic oxidation sites excluding steroid dienone is 1. The van der Waals surface area contributed by atoms with Gasteiger partial charge in [0.15, 0.2) is 0 Å². The lowest BCUT2D eigenvalue weighted by Crippen LogP contribution is -2.25. The molecule has 0 aliphatic rings. The summed E-state index contributed by atoms with van der Waals surface area (Å²) < 4.78 is 12.3. The fourth-order valence-corrected chi connectivity index (χ4v) is 3.61. The van der Waals surface area contributed by atoms with Gasteiger partial charge in [-0.25, -0.2) is 5.84 Å². The Labute approximate surface area is 215 Å². The molecule has 0 heterocycles. The first-order chi connectivity index (χ1) is 15.6. The zero-order valence-electron chi connectivity index (χ0n) is 20.5. The van der Waals surface area contributed by atoms with Crippen LogP contribution in [0.25, 0.3) is 0 Å². The number of benzene rings is 2. The van der Waals surface area contributed by atoms with Gasteiger partial charge in [0.25, 0.3) is 0 Å². The van der Waals surface area contributed by atoms with E-state index >= 15 is 0 Å². The van der Waals surface area contributed by atoms with E-state index in [0.29, 0.717) is 37.1 Å². The van der Waals surface area contributed by atoms with Crippen molar-refractivity contribution in [2.45, 2.75) is 46.6 Å². The molecule has 0 amide bonds. The van der Waals surface area contributed by atoms with Gasteiger partial charge in [0.05, 0.1) is 25.9 Å². The minimum Gasteiger partial charge on any atom is -0.494 e. The number of nitrogens with zero attached hydrogens (tertiary/aromatic N) is 1. The highest BCUT2D eigenvalue weighted by Gasteiger charge is 2.16. The van der Waals surface area contributed by atoms with Gasteiger partial charge in [-0.1, -0.05) is 66.5 Å². The Kier molecular flexibility index (Phi) is 13.5. The van der Waals surface area contributed by atoms with Crippen molar-refractivity contribution in [1.29, 1.82) is 0 Å². The van der Waals surface area contributed by atoms with Gasteiger partial charge in [0.2, 0.25) is 0 Å². The number of nitrogen functional groups attached to an aromatic ring is 1. The molecule has 0 saturated carbocycles. The second-order valence-electron chi connectivity index (χ2n) is 7.93. The number of aryl methyl sites for hydroxylation is 1. The standard InChI is InChI=1S/C15H24Br2N4O2.C10H14/c1-4-11(16)9-21(19)8-10-7-12(23-3)15(14(18)13(10)17)20-5-6-22-2;1-8(2)10-6-4-9(3)5-7-10/h7,9,20H,4-6,8,18-19H2,1-3H3;4-8H,1-3H3/b11-9+;. The minimum absolute atomic E-state index is 0.495. The van der Waals surface area contributed by atoms with E-state index in [2.05, 4.69) is 82.2 Å². The molecule has 0 radical (unpaired) electrons. The van der Waals surface area contributed by atoms with Gasteiger partial charge in [-0.3, -0.25) is 0 Å². The van der Waals surface area contributed by atoms with Crippen LogP contribution in [0.3, 0.4) is 0 Å². The molecule has 0 aliphatic heterocycles. The zero-order chi connectivity index (χ0) is 25.0. The van der Waals surface area contributed by atoms with Crippen LogP contribution in [0.4, 0.5) is 11.4 Å². The Morgan fingerprint density at radius 2 is 1.85 bits per heavy atom. The lowest BCUT2D eigenvalue weighted by atomic mass is 10.0. The van der Waals surface area contributed by atoms with Crippen molar-refractivity contribution in [2.24, 2.45) is 5.84 Å². The van der Waals surface area contributed by atoms with E-state index in [1.165, 1.54) is 11.1 Å². The molecule has 33 heavy (non-hydrogen) atoms. The second kappa shape index (κ2) is 15.2.